The van der Waals surface area contributed by atoms with Crippen molar-refractivity contribution < 1.29 is 18.5 Å². The predicted octanol–water partition coefficient (Wildman–Crippen LogP) is 1.76. The molecule has 0 bridgehead atoms. The summed E-state index contributed by atoms with van der Waals surface area (Å²) in [4.78, 5) is 13.9. The van der Waals surface area contributed by atoms with Crippen LogP contribution in [0.5, 0.6) is 0 Å². The SMILES string of the molecule is C=[N+](CC(=O)N1C[C@@H](F)C[C@H]1C#N)C1(C)C[C@H]2CC(OC)C[C@H]2C1. The number of alkyl halides is 1. The van der Waals surface area contributed by atoms with E-state index in [9.17, 15) is 9.18 Å². The Kier molecular flexibility index (Phi) is 4.65. The number of hydrogen-bond acceptors (Lipinski definition) is 3. The van der Waals surface area contributed by atoms with Gasteiger partial charge in [0.2, 0.25) is 6.54 Å². The molecule has 2 saturated carbocycles. The summed E-state index contributed by atoms with van der Waals surface area (Å²) in [6.07, 6.45) is 3.61. The van der Waals surface area contributed by atoms with Gasteiger partial charge in [-0.15, -0.1) is 0 Å². The number of hydrogen-bond donors (Lipinski definition) is 0. The molecule has 1 amide bonds. The van der Waals surface area contributed by atoms with Crippen molar-refractivity contribution in [2.45, 2.75) is 62.9 Å². The maximum Gasteiger partial charge on any atom is 0.289 e. The van der Waals surface area contributed by atoms with Gasteiger partial charge in [-0.05, 0) is 24.7 Å². The molecule has 6 atom stereocenters. The Morgan fingerprint density at radius 2 is 2.04 bits per heavy atom. The van der Waals surface area contributed by atoms with Crippen LogP contribution in [-0.4, -0.2) is 66.2 Å². The summed E-state index contributed by atoms with van der Waals surface area (Å²) in [5.74, 6) is 1.08. The van der Waals surface area contributed by atoms with E-state index in [4.69, 9.17) is 10.00 Å². The minimum absolute atomic E-state index is 0.0301. The quantitative estimate of drug-likeness (QED) is 0.581. The molecule has 2 aliphatic carbocycles. The average molecular weight is 336 g/mol. The third-order valence-corrected chi connectivity index (χ3v) is 6.34. The Morgan fingerprint density at radius 1 is 1.42 bits per heavy atom. The van der Waals surface area contributed by atoms with Gasteiger partial charge in [0.15, 0.2) is 5.54 Å². The molecule has 6 heteroatoms. The normalized spacial score (nSPS) is 41.2. The van der Waals surface area contributed by atoms with Crippen LogP contribution in [0.1, 0.15) is 39.0 Å². The Balaban J connectivity index is 1.60. The molecule has 3 fully saturated rings. The summed E-state index contributed by atoms with van der Waals surface area (Å²) in [5, 5.41) is 9.10. The van der Waals surface area contributed by atoms with Crippen LogP contribution >= 0.6 is 0 Å². The van der Waals surface area contributed by atoms with Crippen molar-refractivity contribution in [3.63, 3.8) is 0 Å². The molecule has 1 heterocycles. The number of halogens is 1. The van der Waals surface area contributed by atoms with Crippen LogP contribution in [0.4, 0.5) is 4.39 Å². The van der Waals surface area contributed by atoms with E-state index in [1.165, 1.54) is 4.90 Å². The standard InChI is InChI=1S/C18H27FN3O2/c1-18(7-12-4-16(24-3)5-13(12)8-18)21(2)11-17(23)22-10-14(19)6-15(22)9-20/h12-16H,2,4-8,10-11H2,1,3H3/q+1/t12-,13+,14-,15-,16?,18?/m0/s1. The third kappa shape index (κ3) is 3.06. The number of nitrogens with zero attached hydrogens (tertiary/aromatic N) is 3. The largest absolute Gasteiger partial charge is 0.381 e. The number of carbonyl (C=O) groups is 1. The van der Waals surface area contributed by atoms with Gasteiger partial charge in [-0.1, -0.05) is 0 Å². The fourth-order valence-corrected chi connectivity index (χ4v) is 4.95. The van der Waals surface area contributed by atoms with Gasteiger partial charge >= 0.3 is 0 Å². The molecule has 3 aliphatic rings. The number of methoxy groups -OCH3 is 1. The van der Waals surface area contributed by atoms with Crippen molar-refractivity contribution in [3.05, 3.63) is 0 Å². The maximum absolute atomic E-state index is 13.5. The van der Waals surface area contributed by atoms with Crippen molar-refractivity contribution in [1.29, 1.82) is 5.26 Å². The van der Waals surface area contributed by atoms with Gasteiger partial charge in [-0.25, -0.2) is 8.97 Å². The van der Waals surface area contributed by atoms with Crippen molar-refractivity contribution in [1.82, 2.24) is 4.90 Å². The summed E-state index contributed by atoms with van der Waals surface area (Å²) >= 11 is 0. The zero-order chi connectivity index (χ0) is 17.5. The van der Waals surface area contributed by atoms with Gasteiger partial charge in [0, 0.05) is 33.3 Å². The van der Waals surface area contributed by atoms with Crippen LogP contribution < -0.4 is 0 Å². The Labute approximate surface area is 143 Å². The number of likely N-dealkylation sites (tertiary alicyclic amines) is 1. The number of nitriles is 1. The van der Waals surface area contributed by atoms with Gasteiger partial charge in [-0.2, -0.15) is 5.26 Å². The van der Waals surface area contributed by atoms with Gasteiger partial charge < -0.3 is 9.64 Å². The van der Waals surface area contributed by atoms with Gasteiger partial charge in [0.25, 0.3) is 5.91 Å². The summed E-state index contributed by atoms with van der Waals surface area (Å²) in [6.45, 7) is 6.46. The smallest absolute Gasteiger partial charge is 0.289 e. The predicted molar refractivity (Wildman–Crippen MR) is 87.5 cm³/mol. The first-order valence-electron chi connectivity index (χ1n) is 8.80. The topological polar surface area (TPSA) is 56.3 Å². The molecule has 0 aromatic rings. The van der Waals surface area contributed by atoms with Gasteiger partial charge in [-0.3, -0.25) is 4.79 Å². The number of fused-ring (bicyclic) bond motifs is 1. The molecule has 0 spiro atoms. The number of carbonyl (C=O) groups excluding carboxylic acids is 1. The first-order valence-corrected chi connectivity index (χ1v) is 8.80. The van der Waals surface area contributed by atoms with Crippen LogP contribution in [0.25, 0.3) is 0 Å². The zero-order valence-electron chi connectivity index (χ0n) is 14.6. The van der Waals surface area contributed by atoms with Crippen LogP contribution in [0.3, 0.4) is 0 Å². The molecule has 132 valence electrons. The number of rotatable bonds is 4. The molecular formula is C18H27FN3O2+. The maximum atomic E-state index is 13.5. The van der Waals surface area contributed by atoms with E-state index >= 15 is 0 Å². The van der Waals surface area contributed by atoms with Crippen LogP contribution in [0.2, 0.25) is 0 Å². The van der Waals surface area contributed by atoms with Crippen LogP contribution in [0.15, 0.2) is 0 Å². The molecule has 0 N–H and O–H groups in total. The molecule has 24 heavy (non-hydrogen) atoms. The first kappa shape index (κ1) is 17.3. The molecule has 2 unspecified atom stereocenters. The van der Waals surface area contributed by atoms with E-state index in [2.05, 4.69) is 13.6 Å². The molecule has 1 saturated heterocycles. The highest BCUT2D eigenvalue weighted by Gasteiger charge is 2.53. The molecule has 3 rings (SSSR count). The third-order valence-electron chi connectivity index (χ3n) is 6.34. The Morgan fingerprint density at radius 3 is 2.58 bits per heavy atom. The lowest BCUT2D eigenvalue weighted by Gasteiger charge is -2.25. The van der Waals surface area contributed by atoms with Crippen LogP contribution in [-0.2, 0) is 9.53 Å². The second-order valence-electron chi connectivity index (χ2n) is 7.98. The Hall–Kier alpha value is -1.48. The molecule has 5 nitrogen and oxygen atoms in total. The lowest BCUT2D eigenvalue weighted by atomic mass is 9.95. The van der Waals surface area contributed by atoms with E-state index in [1.807, 2.05) is 10.6 Å². The van der Waals surface area contributed by atoms with Crippen molar-refractivity contribution in [2.24, 2.45) is 11.8 Å². The highest BCUT2D eigenvalue weighted by molar-refractivity contribution is 5.78. The average Bonchev–Trinajstić information content (AvgIpc) is 3.17. The molecule has 0 aromatic carbocycles. The highest BCUT2D eigenvalue weighted by Crippen LogP contribution is 2.50. The summed E-state index contributed by atoms with van der Waals surface area (Å²) in [5.41, 5.74) is -0.110. The number of amides is 1. The molecular weight excluding hydrogens is 309 g/mol. The van der Waals surface area contributed by atoms with E-state index in [0.717, 1.165) is 25.7 Å². The monoisotopic (exact) mass is 336 g/mol. The summed E-state index contributed by atoms with van der Waals surface area (Å²) < 4.78 is 20.9. The first-order chi connectivity index (χ1) is 11.4. The van der Waals surface area contributed by atoms with Gasteiger partial charge in [0.05, 0.1) is 18.7 Å². The van der Waals surface area contributed by atoms with Gasteiger partial charge in [0.1, 0.15) is 18.9 Å². The van der Waals surface area contributed by atoms with E-state index in [-0.39, 0.29) is 31.0 Å². The molecule has 1 aliphatic heterocycles. The van der Waals surface area contributed by atoms with E-state index in [1.54, 1.807) is 7.11 Å². The number of ether oxygens (including phenoxy) is 1. The minimum Gasteiger partial charge on any atom is -0.381 e. The second kappa shape index (κ2) is 6.44. The Bertz CT molecular complexity index is 559. The minimum atomic E-state index is -1.09. The molecule has 0 aromatic heterocycles. The van der Waals surface area contributed by atoms with Crippen LogP contribution in [0, 0.1) is 23.2 Å². The van der Waals surface area contributed by atoms with Crippen molar-refractivity contribution in [2.75, 3.05) is 20.2 Å². The lowest BCUT2D eigenvalue weighted by molar-refractivity contribution is -0.588. The highest BCUT2D eigenvalue weighted by atomic mass is 19.1. The van der Waals surface area contributed by atoms with Crippen molar-refractivity contribution in [3.8, 4) is 6.07 Å². The fourth-order valence-electron chi connectivity index (χ4n) is 4.95. The van der Waals surface area contributed by atoms with E-state index in [0.29, 0.717) is 17.9 Å². The lowest BCUT2D eigenvalue weighted by Crippen LogP contribution is -2.45. The zero-order valence-corrected chi connectivity index (χ0v) is 14.6. The van der Waals surface area contributed by atoms with E-state index < -0.39 is 12.2 Å². The second-order valence-corrected chi connectivity index (χ2v) is 7.98. The van der Waals surface area contributed by atoms with Crippen molar-refractivity contribution >= 4 is 12.6 Å². The fraction of sp³-hybridized carbons (Fsp3) is 0.833. The summed E-state index contributed by atoms with van der Waals surface area (Å²) in [6, 6.07) is 1.39. The molecule has 0 radical (unpaired) electrons. The summed E-state index contributed by atoms with van der Waals surface area (Å²) in [7, 11) is 1.77.